The molecule has 0 saturated heterocycles. The largest absolute Gasteiger partial charge is 0.385 e. The fourth-order valence-electron chi connectivity index (χ4n) is 2.84. The van der Waals surface area contributed by atoms with E-state index in [1.807, 2.05) is 6.07 Å². The van der Waals surface area contributed by atoms with Crippen molar-refractivity contribution >= 4 is 45.9 Å². The summed E-state index contributed by atoms with van der Waals surface area (Å²) in [4.78, 5) is 30.2. The van der Waals surface area contributed by atoms with Gasteiger partial charge in [-0.3, -0.25) is 14.2 Å². The molecular formula is C21H21ClFN3O3S. The molecule has 3 rings (SSSR count). The molecule has 0 aliphatic heterocycles. The molecule has 0 radical (unpaired) electrons. The molecule has 0 aliphatic carbocycles. The lowest BCUT2D eigenvalue weighted by molar-refractivity contribution is -0.115. The van der Waals surface area contributed by atoms with E-state index in [9.17, 15) is 14.0 Å². The van der Waals surface area contributed by atoms with Gasteiger partial charge >= 0.3 is 0 Å². The zero-order valence-corrected chi connectivity index (χ0v) is 18.1. The van der Waals surface area contributed by atoms with Crippen LogP contribution in [0.2, 0.25) is 5.02 Å². The van der Waals surface area contributed by atoms with Crippen molar-refractivity contribution in [1.82, 2.24) is 9.55 Å². The number of carbonyl (C=O) groups excluding carboxylic acids is 1. The summed E-state index contributed by atoms with van der Waals surface area (Å²) in [5, 5.41) is 3.19. The third-order valence-electron chi connectivity index (χ3n) is 4.40. The third kappa shape index (κ3) is 5.19. The van der Waals surface area contributed by atoms with Gasteiger partial charge in [-0.1, -0.05) is 35.5 Å². The van der Waals surface area contributed by atoms with Crippen molar-refractivity contribution < 1.29 is 13.9 Å². The van der Waals surface area contributed by atoms with E-state index >= 15 is 0 Å². The third-order valence-corrected chi connectivity index (χ3v) is 5.80. The van der Waals surface area contributed by atoms with Crippen molar-refractivity contribution in [3.8, 4) is 0 Å². The summed E-state index contributed by atoms with van der Waals surface area (Å²) in [6, 6.07) is 10.9. The molecule has 0 fully saturated rings. The molecule has 6 nitrogen and oxygen atoms in total. The van der Waals surface area contributed by atoms with Gasteiger partial charge in [0.1, 0.15) is 5.82 Å². The molecular weight excluding hydrogens is 429 g/mol. The number of thioether (sulfide) groups is 1. The number of hydrogen-bond acceptors (Lipinski definition) is 5. The van der Waals surface area contributed by atoms with Crippen LogP contribution in [0.1, 0.15) is 13.3 Å². The van der Waals surface area contributed by atoms with E-state index in [0.29, 0.717) is 41.3 Å². The molecule has 0 spiro atoms. The van der Waals surface area contributed by atoms with Gasteiger partial charge in [-0.15, -0.1) is 0 Å². The van der Waals surface area contributed by atoms with E-state index in [1.165, 1.54) is 23.9 Å². The second kappa shape index (κ2) is 10.1. The Kier molecular flexibility index (Phi) is 7.47. The first kappa shape index (κ1) is 22.3. The number of nitrogens with one attached hydrogen (secondary N) is 1. The van der Waals surface area contributed by atoms with Crippen molar-refractivity contribution in [2.75, 3.05) is 19.0 Å². The highest BCUT2D eigenvalue weighted by Gasteiger charge is 2.20. The Labute approximate surface area is 182 Å². The summed E-state index contributed by atoms with van der Waals surface area (Å²) in [5.74, 6) is -0.819. The van der Waals surface area contributed by atoms with Crippen LogP contribution in [0.4, 0.5) is 10.1 Å². The van der Waals surface area contributed by atoms with Crippen LogP contribution in [-0.2, 0) is 16.1 Å². The molecule has 3 aromatic rings. The van der Waals surface area contributed by atoms with Crippen LogP contribution in [0.25, 0.3) is 10.9 Å². The Morgan fingerprint density at radius 3 is 2.83 bits per heavy atom. The van der Waals surface area contributed by atoms with E-state index in [2.05, 4.69) is 10.3 Å². The van der Waals surface area contributed by atoms with Gasteiger partial charge in [-0.25, -0.2) is 9.37 Å². The summed E-state index contributed by atoms with van der Waals surface area (Å²) < 4.78 is 19.9. The average molecular weight is 450 g/mol. The van der Waals surface area contributed by atoms with Crippen molar-refractivity contribution in [2.24, 2.45) is 0 Å². The highest BCUT2D eigenvalue weighted by molar-refractivity contribution is 8.00. The van der Waals surface area contributed by atoms with Gasteiger partial charge < -0.3 is 10.1 Å². The highest BCUT2D eigenvalue weighted by atomic mass is 35.5. The number of methoxy groups -OCH3 is 1. The summed E-state index contributed by atoms with van der Waals surface area (Å²) in [7, 11) is 1.60. The van der Waals surface area contributed by atoms with E-state index < -0.39 is 11.1 Å². The molecule has 1 unspecified atom stereocenters. The van der Waals surface area contributed by atoms with Gasteiger partial charge in [0, 0.05) is 20.3 Å². The number of amides is 1. The highest BCUT2D eigenvalue weighted by Crippen LogP contribution is 2.26. The fraction of sp³-hybridized carbons (Fsp3) is 0.286. The van der Waals surface area contributed by atoms with Crippen LogP contribution in [0, 0.1) is 5.82 Å². The predicted octanol–water partition coefficient (Wildman–Crippen LogP) is 4.34. The molecule has 1 N–H and O–H groups in total. The van der Waals surface area contributed by atoms with E-state index in [0.717, 1.165) is 6.07 Å². The molecule has 0 bridgehead atoms. The van der Waals surface area contributed by atoms with Gasteiger partial charge in [-0.2, -0.15) is 0 Å². The number of anilines is 1. The minimum atomic E-state index is -0.576. The average Bonchev–Trinajstić information content (AvgIpc) is 2.72. The number of ether oxygens (including phenoxy) is 1. The van der Waals surface area contributed by atoms with Gasteiger partial charge in [0.25, 0.3) is 5.56 Å². The van der Waals surface area contributed by atoms with Gasteiger partial charge in [0.05, 0.1) is 26.9 Å². The Morgan fingerprint density at radius 1 is 1.33 bits per heavy atom. The first-order valence-electron chi connectivity index (χ1n) is 9.32. The van der Waals surface area contributed by atoms with E-state index in [1.54, 1.807) is 36.8 Å². The van der Waals surface area contributed by atoms with Crippen LogP contribution in [0.5, 0.6) is 0 Å². The molecule has 9 heteroatoms. The number of rotatable bonds is 8. The zero-order valence-electron chi connectivity index (χ0n) is 16.5. The Hall–Kier alpha value is -2.42. The Bertz CT molecular complexity index is 1120. The summed E-state index contributed by atoms with van der Waals surface area (Å²) in [6.07, 6.45) is 0.635. The lowest BCUT2D eigenvalue weighted by Crippen LogP contribution is -2.27. The predicted molar refractivity (Wildman–Crippen MR) is 118 cm³/mol. The number of halogens is 2. The summed E-state index contributed by atoms with van der Waals surface area (Å²) in [5.41, 5.74) is 0.732. The topological polar surface area (TPSA) is 73.2 Å². The SMILES string of the molecule is COCCCn1c(SC(C)C(=O)Nc2ccc(F)cc2Cl)nc2ccccc2c1=O. The van der Waals surface area contributed by atoms with E-state index in [4.69, 9.17) is 16.3 Å². The Balaban J connectivity index is 1.86. The smallest absolute Gasteiger partial charge is 0.262 e. The van der Waals surface area contributed by atoms with Crippen LogP contribution in [0.3, 0.4) is 0 Å². The first-order chi connectivity index (χ1) is 14.4. The lowest BCUT2D eigenvalue weighted by atomic mass is 10.2. The molecule has 1 atom stereocenters. The van der Waals surface area contributed by atoms with Crippen molar-refractivity contribution in [3.05, 3.63) is 63.7 Å². The maximum absolute atomic E-state index is 13.2. The van der Waals surface area contributed by atoms with Crippen molar-refractivity contribution in [2.45, 2.75) is 30.3 Å². The standard InChI is InChI=1S/C21H21ClFN3O3S/c1-13(19(27)24-18-9-8-14(23)12-16(18)22)30-21-25-17-7-4-3-6-15(17)20(28)26(21)10-5-11-29-2/h3-4,6-9,12-13H,5,10-11H2,1-2H3,(H,24,27). The zero-order chi connectivity index (χ0) is 21.7. The Morgan fingerprint density at radius 2 is 2.10 bits per heavy atom. The number of aromatic nitrogens is 2. The fourth-order valence-corrected chi connectivity index (χ4v) is 3.99. The first-order valence-corrected chi connectivity index (χ1v) is 10.6. The minimum Gasteiger partial charge on any atom is -0.385 e. The normalized spacial score (nSPS) is 12.1. The number of nitrogens with zero attached hydrogens (tertiary/aromatic N) is 2. The van der Waals surface area contributed by atoms with Crippen LogP contribution in [-0.4, -0.2) is 34.4 Å². The monoisotopic (exact) mass is 449 g/mol. The van der Waals surface area contributed by atoms with Crippen LogP contribution in [0.15, 0.2) is 52.4 Å². The molecule has 0 saturated carbocycles. The summed E-state index contributed by atoms with van der Waals surface area (Å²) >= 11 is 7.17. The molecule has 1 heterocycles. The summed E-state index contributed by atoms with van der Waals surface area (Å²) in [6.45, 7) is 2.63. The molecule has 1 amide bonds. The number of fused-ring (bicyclic) bond motifs is 1. The molecule has 0 aliphatic rings. The second-order valence-corrected chi connectivity index (χ2v) is 8.30. The quantitative estimate of drug-likeness (QED) is 0.314. The van der Waals surface area contributed by atoms with Crippen molar-refractivity contribution in [3.63, 3.8) is 0 Å². The minimum absolute atomic E-state index is 0.112. The maximum Gasteiger partial charge on any atom is 0.262 e. The van der Waals surface area contributed by atoms with E-state index in [-0.39, 0.29) is 16.5 Å². The number of carbonyl (C=O) groups is 1. The second-order valence-electron chi connectivity index (χ2n) is 6.59. The number of benzene rings is 2. The molecule has 2 aromatic carbocycles. The van der Waals surface area contributed by atoms with Crippen LogP contribution >= 0.6 is 23.4 Å². The maximum atomic E-state index is 13.2. The molecule has 158 valence electrons. The van der Waals surface area contributed by atoms with Gasteiger partial charge in [0.15, 0.2) is 5.16 Å². The van der Waals surface area contributed by atoms with Gasteiger partial charge in [0.2, 0.25) is 5.91 Å². The number of hydrogen-bond donors (Lipinski definition) is 1. The molecule has 1 aromatic heterocycles. The van der Waals surface area contributed by atoms with Gasteiger partial charge in [-0.05, 0) is 43.7 Å². The molecule has 30 heavy (non-hydrogen) atoms. The lowest BCUT2D eigenvalue weighted by Gasteiger charge is -2.16. The van der Waals surface area contributed by atoms with Crippen molar-refractivity contribution in [1.29, 1.82) is 0 Å². The van der Waals surface area contributed by atoms with Crippen LogP contribution < -0.4 is 10.9 Å². The number of para-hydroxylation sites is 1.